The van der Waals surface area contributed by atoms with Gasteiger partial charge < -0.3 is 14.8 Å². The zero-order valence-corrected chi connectivity index (χ0v) is 15.4. The molecular formula is C17H14N6O7. The topological polar surface area (TPSA) is 165 Å². The summed E-state index contributed by atoms with van der Waals surface area (Å²) in [6.45, 7) is -0.383. The normalized spacial score (nSPS) is 10.3. The maximum absolute atomic E-state index is 12.3. The van der Waals surface area contributed by atoms with Gasteiger partial charge in [0.25, 0.3) is 5.69 Å². The first-order valence-electron chi connectivity index (χ1n) is 8.28. The summed E-state index contributed by atoms with van der Waals surface area (Å²) in [7, 11) is 1.21. The molecule has 0 atom stereocenters. The zero-order valence-electron chi connectivity index (χ0n) is 15.4. The van der Waals surface area contributed by atoms with E-state index in [2.05, 4.69) is 15.4 Å². The van der Waals surface area contributed by atoms with Crippen molar-refractivity contribution in [2.24, 2.45) is 0 Å². The van der Waals surface area contributed by atoms with Crippen LogP contribution >= 0.6 is 0 Å². The SMILES string of the molecule is COc1nn(CC(=O)Nc2cc(Oc3cccnc3)cc([N+](=O)[O-])c2)cc1[N+](=O)[O-]. The number of aromatic nitrogens is 3. The predicted molar refractivity (Wildman–Crippen MR) is 101 cm³/mol. The third-order valence-corrected chi connectivity index (χ3v) is 3.66. The first-order valence-corrected chi connectivity index (χ1v) is 8.28. The van der Waals surface area contributed by atoms with E-state index >= 15 is 0 Å². The second-order valence-electron chi connectivity index (χ2n) is 5.79. The van der Waals surface area contributed by atoms with Crippen LogP contribution in [0.1, 0.15) is 0 Å². The lowest BCUT2D eigenvalue weighted by Crippen LogP contribution is -2.19. The van der Waals surface area contributed by atoms with Gasteiger partial charge in [-0.1, -0.05) is 0 Å². The van der Waals surface area contributed by atoms with Crippen molar-refractivity contribution in [2.45, 2.75) is 6.54 Å². The Morgan fingerprint density at radius 1 is 1.20 bits per heavy atom. The van der Waals surface area contributed by atoms with Crippen molar-refractivity contribution in [3.05, 3.63) is 69.2 Å². The van der Waals surface area contributed by atoms with Crippen LogP contribution in [0.15, 0.2) is 48.9 Å². The molecule has 0 aliphatic rings. The Morgan fingerprint density at radius 3 is 2.60 bits per heavy atom. The summed E-state index contributed by atoms with van der Waals surface area (Å²) in [6, 6.07) is 6.99. The number of nitrogens with zero attached hydrogens (tertiary/aromatic N) is 5. The van der Waals surface area contributed by atoms with Crippen LogP contribution in [0.4, 0.5) is 17.1 Å². The molecule has 0 aliphatic carbocycles. The van der Waals surface area contributed by atoms with Gasteiger partial charge in [-0.3, -0.25) is 34.7 Å². The van der Waals surface area contributed by atoms with Gasteiger partial charge in [-0.15, -0.1) is 5.10 Å². The van der Waals surface area contributed by atoms with Gasteiger partial charge in [-0.2, -0.15) is 0 Å². The number of nitrogens with one attached hydrogen (secondary N) is 1. The number of rotatable bonds is 8. The number of nitro benzene ring substituents is 1. The second kappa shape index (κ2) is 8.64. The van der Waals surface area contributed by atoms with E-state index in [4.69, 9.17) is 9.47 Å². The number of nitro groups is 2. The highest BCUT2D eigenvalue weighted by atomic mass is 16.6. The highest BCUT2D eigenvalue weighted by Gasteiger charge is 2.21. The van der Waals surface area contributed by atoms with Crippen LogP contribution in [0, 0.1) is 20.2 Å². The monoisotopic (exact) mass is 414 g/mol. The largest absolute Gasteiger partial charge is 0.475 e. The van der Waals surface area contributed by atoms with E-state index in [1.54, 1.807) is 18.3 Å². The molecule has 13 heteroatoms. The Bertz CT molecular complexity index is 1100. The Labute approximate surface area is 168 Å². The second-order valence-corrected chi connectivity index (χ2v) is 5.79. The fourth-order valence-corrected chi connectivity index (χ4v) is 2.46. The van der Waals surface area contributed by atoms with Gasteiger partial charge in [0.05, 0.1) is 34.9 Å². The summed E-state index contributed by atoms with van der Waals surface area (Å²) in [4.78, 5) is 37.0. The summed E-state index contributed by atoms with van der Waals surface area (Å²) >= 11 is 0. The number of ether oxygens (including phenoxy) is 2. The van der Waals surface area contributed by atoms with E-state index in [1.807, 2.05) is 0 Å². The zero-order chi connectivity index (χ0) is 21.7. The number of pyridine rings is 1. The molecule has 0 aliphatic heterocycles. The van der Waals surface area contributed by atoms with E-state index < -0.39 is 21.4 Å². The van der Waals surface area contributed by atoms with E-state index in [9.17, 15) is 25.0 Å². The molecule has 0 bridgehead atoms. The van der Waals surface area contributed by atoms with Crippen LogP contribution in [-0.4, -0.2) is 37.6 Å². The molecule has 3 aromatic rings. The van der Waals surface area contributed by atoms with Gasteiger partial charge in [0.15, 0.2) is 0 Å². The van der Waals surface area contributed by atoms with Gasteiger partial charge in [0.1, 0.15) is 24.2 Å². The van der Waals surface area contributed by atoms with Crippen molar-refractivity contribution in [3.63, 3.8) is 0 Å². The molecule has 2 aromatic heterocycles. The molecule has 154 valence electrons. The van der Waals surface area contributed by atoms with Gasteiger partial charge in [-0.05, 0) is 12.1 Å². The number of hydrogen-bond donors (Lipinski definition) is 1. The van der Waals surface area contributed by atoms with Crippen LogP contribution in [0.5, 0.6) is 17.4 Å². The van der Waals surface area contributed by atoms with Crippen LogP contribution in [0.2, 0.25) is 0 Å². The average molecular weight is 414 g/mol. The lowest BCUT2D eigenvalue weighted by Gasteiger charge is -2.09. The molecule has 1 N–H and O–H groups in total. The van der Waals surface area contributed by atoms with Crippen LogP contribution in [0.3, 0.4) is 0 Å². The van der Waals surface area contributed by atoms with Gasteiger partial charge in [0.2, 0.25) is 5.91 Å². The first-order chi connectivity index (χ1) is 14.4. The van der Waals surface area contributed by atoms with Gasteiger partial charge in [0, 0.05) is 18.3 Å². The van der Waals surface area contributed by atoms with Crippen molar-refractivity contribution in [2.75, 3.05) is 12.4 Å². The molecule has 2 heterocycles. The van der Waals surface area contributed by atoms with Gasteiger partial charge in [-0.25, -0.2) is 0 Å². The molecule has 13 nitrogen and oxygen atoms in total. The van der Waals surface area contributed by atoms with E-state index in [1.165, 1.54) is 25.4 Å². The van der Waals surface area contributed by atoms with Gasteiger partial charge >= 0.3 is 11.6 Å². The maximum Gasteiger partial charge on any atom is 0.350 e. The molecule has 0 saturated carbocycles. The molecule has 0 spiro atoms. The minimum atomic E-state index is -0.692. The summed E-state index contributed by atoms with van der Waals surface area (Å²) in [6.07, 6.45) is 4.01. The molecule has 3 rings (SSSR count). The van der Waals surface area contributed by atoms with Crippen LogP contribution < -0.4 is 14.8 Å². The molecule has 0 unspecified atom stereocenters. The minimum Gasteiger partial charge on any atom is -0.475 e. The summed E-state index contributed by atoms with van der Waals surface area (Å²) < 4.78 is 11.4. The first kappa shape index (κ1) is 20.2. The molecular weight excluding hydrogens is 400 g/mol. The minimum absolute atomic E-state index is 0.0988. The third kappa shape index (κ3) is 4.83. The Hall–Kier alpha value is -4.55. The van der Waals surface area contributed by atoms with Crippen molar-refractivity contribution in [3.8, 4) is 17.4 Å². The number of carbonyl (C=O) groups excluding carboxylic acids is 1. The number of hydrogen-bond acceptors (Lipinski definition) is 9. The fraction of sp³-hybridized carbons (Fsp3) is 0.118. The van der Waals surface area contributed by atoms with Crippen molar-refractivity contribution in [1.29, 1.82) is 0 Å². The van der Waals surface area contributed by atoms with E-state index in [-0.39, 0.29) is 29.5 Å². The predicted octanol–water partition coefficient (Wildman–Crippen LogP) is 2.53. The molecule has 1 aromatic carbocycles. The fourth-order valence-electron chi connectivity index (χ4n) is 2.46. The summed E-state index contributed by atoms with van der Waals surface area (Å²) in [5.74, 6) is -0.395. The molecule has 1 amide bonds. The number of amides is 1. The molecule has 0 saturated heterocycles. The summed E-state index contributed by atoms with van der Waals surface area (Å²) in [5.41, 5.74) is -0.599. The lowest BCUT2D eigenvalue weighted by atomic mass is 10.2. The van der Waals surface area contributed by atoms with Crippen molar-refractivity contribution < 1.29 is 24.1 Å². The third-order valence-electron chi connectivity index (χ3n) is 3.66. The van der Waals surface area contributed by atoms with Crippen LogP contribution in [0.25, 0.3) is 0 Å². The smallest absolute Gasteiger partial charge is 0.350 e. The number of benzene rings is 1. The highest BCUT2D eigenvalue weighted by molar-refractivity contribution is 5.91. The van der Waals surface area contributed by atoms with Crippen molar-refractivity contribution in [1.82, 2.24) is 14.8 Å². The summed E-state index contributed by atoms with van der Waals surface area (Å²) in [5, 5.41) is 28.4. The molecule has 0 radical (unpaired) electrons. The highest BCUT2D eigenvalue weighted by Crippen LogP contribution is 2.29. The van der Waals surface area contributed by atoms with E-state index in [0.717, 1.165) is 16.9 Å². The Kier molecular flexibility index (Phi) is 5.81. The molecule has 0 fully saturated rings. The van der Waals surface area contributed by atoms with Crippen LogP contribution in [-0.2, 0) is 11.3 Å². The Morgan fingerprint density at radius 2 is 2.00 bits per heavy atom. The number of methoxy groups -OCH3 is 1. The average Bonchev–Trinajstić information content (AvgIpc) is 3.11. The van der Waals surface area contributed by atoms with Crippen molar-refractivity contribution >= 4 is 23.0 Å². The standard InChI is InChI=1S/C17H14N6O7/c1-29-17-15(23(27)28)9-21(20-17)10-16(24)19-11-5-12(22(25)26)7-14(6-11)30-13-3-2-4-18-8-13/h2-9H,10H2,1H3,(H,19,24). The lowest BCUT2D eigenvalue weighted by molar-refractivity contribution is -0.385. The number of carbonyl (C=O) groups is 1. The Balaban J connectivity index is 1.78. The maximum atomic E-state index is 12.3. The quantitative estimate of drug-likeness (QED) is 0.430. The molecule has 30 heavy (non-hydrogen) atoms. The number of non-ortho nitro benzene ring substituents is 1. The van der Waals surface area contributed by atoms with E-state index in [0.29, 0.717) is 5.75 Å². The number of anilines is 1.